The number of pyridine rings is 1. The van der Waals surface area contributed by atoms with Crippen LogP contribution in [0.25, 0.3) is 22.9 Å². The summed E-state index contributed by atoms with van der Waals surface area (Å²) in [6.45, 7) is 0. The van der Waals surface area contributed by atoms with E-state index in [0.29, 0.717) is 33.1 Å². The molecule has 11 nitrogen and oxygen atoms in total. The van der Waals surface area contributed by atoms with Crippen LogP contribution in [0, 0.1) is 0 Å². The number of halogens is 4. The van der Waals surface area contributed by atoms with Crippen LogP contribution >= 0.6 is 11.6 Å². The van der Waals surface area contributed by atoms with Crippen molar-refractivity contribution in [1.82, 2.24) is 30.5 Å². The number of methoxy groups -OCH3 is 1. The first-order valence-electron chi connectivity index (χ1n) is 13.6. The lowest BCUT2D eigenvalue weighted by atomic mass is 9.98. The Morgan fingerprint density at radius 1 is 1.11 bits per heavy atom. The molecule has 2 bridgehead atoms. The Kier molecular flexibility index (Phi) is 9.42. The van der Waals surface area contributed by atoms with Crippen LogP contribution in [-0.4, -0.2) is 56.5 Å². The summed E-state index contributed by atoms with van der Waals surface area (Å²) in [5.41, 5.74) is 3.03. The lowest BCUT2D eigenvalue weighted by Gasteiger charge is -2.25. The van der Waals surface area contributed by atoms with Crippen molar-refractivity contribution in [1.29, 1.82) is 0 Å². The van der Waals surface area contributed by atoms with E-state index in [1.807, 2.05) is 0 Å². The zero-order chi connectivity index (χ0) is 32.0. The van der Waals surface area contributed by atoms with Crippen molar-refractivity contribution in [3.8, 4) is 16.8 Å². The Morgan fingerprint density at radius 3 is 2.69 bits per heavy atom. The summed E-state index contributed by atoms with van der Waals surface area (Å²) in [4.78, 5) is 29.3. The monoisotopic (exact) mass is 638 g/mol. The molecule has 2 aromatic carbocycles. The third-order valence-corrected chi connectivity index (χ3v) is 7.09. The Bertz CT molecular complexity index is 1740. The zero-order valence-corrected chi connectivity index (χ0v) is 24.4. The number of benzene rings is 2. The van der Waals surface area contributed by atoms with Gasteiger partial charge >= 0.3 is 12.3 Å². The Morgan fingerprint density at radius 2 is 1.93 bits per heavy atom. The molecule has 45 heavy (non-hydrogen) atoms. The van der Waals surface area contributed by atoms with Gasteiger partial charge in [-0.05, 0) is 77.4 Å². The number of ether oxygens (including phenoxy) is 1. The van der Waals surface area contributed by atoms with Gasteiger partial charge in [0.15, 0.2) is 0 Å². The molecule has 2 atom stereocenters. The van der Waals surface area contributed by atoms with Crippen molar-refractivity contribution in [3.05, 3.63) is 95.6 Å². The maximum absolute atomic E-state index is 14.1. The fourth-order valence-electron chi connectivity index (χ4n) is 4.67. The van der Waals surface area contributed by atoms with Crippen LogP contribution in [0.15, 0.2) is 79.3 Å². The summed E-state index contributed by atoms with van der Waals surface area (Å²) in [5, 5.41) is 19.6. The molecule has 4 aromatic rings. The van der Waals surface area contributed by atoms with Crippen molar-refractivity contribution < 1.29 is 27.5 Å². The summed E-state index contributed by atoms with van der Waals surface area (Å²) in [5.74, 6) is -0.468. The Hall–Kier alpha value is -5.24. The molecule has 0 fully saturated rings. The van der Waals surface area contributed by atoms with Gasteiger partial charge in [-0.3, -0.25) is 15.1 Å². The number of alkyl halides is 3. The van der Waals surface area contributed by atoms with E-state index in [1.54, 1.807) is 54.6 Å². The third-order valence-electron chi connectivity index (χ3n) is 6.85. The molecule has 3 N–H and O–H groups in total. The minimum absolute atomic E-state index is 0.140. The SMILES string of the molecule is COC(=O)Nc1ccc2c(c1)NC(C(F)(F)F)C/C=C/CC(NC(=O)/C=C/c1cc(Cl)ccc1-n1cnnn1)c1cc-2ccn1. The summed E-state index contributed by atoms with van der Waals surface area (Å²) < 4.78 is 48.3. The fraction of sp³-hybridized carbons (Fsp3) is 0.200. The molecule has 3 heterocycles. The molecular formula is C30H26ClF3N8O3. The molecule has 2 unspecified atom stereocenters. The van der Waals surface area contributed by atoms with E-state index in [4.69, 9.17) is 11.6 Å². The molecule has 0 spiro atoms. The highest BCUT2D eigenvalue weighted by atomic mass is 35.5. The number of carbonyl (C=O) groups is 2. The topological polar surface area (TPSA) is 136 Å². The molecule has 0 saturated carbocycles. The maximum atomic E-state index is 14.1. The van der Waals surface area contributed by atoms with Crippen LogP contribution in [0.4, 0.5) is 29.3 Å². The number of nitrogens with one attached hydrogen (secondary N) is 3. The van der Waals surface area contributed by atoms with Gasteiger partial charge in [0.25, 0.3) is 0 Å². The van der Waals surface area contributed by atoms with Gasteiger partial charge in [-0.25, -0.2) is 4.79 Å². The van der Waals surface area contributed by atoms with E-state index in [-0.39, 0.29) is 24.2 Å². The van der Waals surface area contributed by atoms with Crippen molar-refractivity contribution in [2.45, 2.75) is 31.1 Å². The van der Waals surface area contributed by atoms with E-state index in [1.165, 1.54) is 42.5 Å². The minimum atomic E-state index is -4.58. The Balaban J connectivity index is 1.47. The van der Waals surface area contributed by atoms with Crippen LogP contribution in [0.5, 0.6) is 0 Å². The molecule has 1 aliphatic rings. The number of nitrogens with zero attached hydrogens (tertiary/aromatic N) is 5. The largest absolute Gasteiger partial charge is 0.453 e. The second kappa shape index (κ2) is 13.6. The molecule has 2 aromatic heterocycles. The van der Waals surface area contributed by atoms with Crippen molar-refractivity contribution in [2.24, 2.45) is 0 Å². The van der Waals surface area contributed by atoms with Crippen molar-refractivity contribution >= 4 is 41.1 Å². The van der Waals surface area contributed by atoms with Gasteiger partial charge in [0.05, 0.1) is 24.5 Å². The van der Waals surface area contributed by atoms with Gasteiger partial charge in [0.2, 0.25) is 5.91 Å². The summed E-state index contributed by atoms with van der Waals surface area (Å²) in [6, 6.07) is 10.3. The fourth-order valence-corrected chi connectivity index (χ4v) is 4.85. The first kappa shape index (κ1) is 31.2. The lowest BCUT2D eigenvalue weighted by Crippen LogP contribution is -2.36. The highest BCUT2D eigenvalue weighted by Gasteiger charge is 2.39. The molecule has 5 rings (SSSR count). The van der Waals surface area contributed by atoms with Crippen LogP contribution in [0.2, 0.25) is 5.02 Å². The Labute approximate surface area is 260 Å². The zero-order valence-electron chi connectivity index (χ0n) is 23.6. The first-order valence-corrected chi connectivity index (χ1v) is 13.9. The number of hydrogen-bond donors (Lipinski definition) is 3. The summed E-state index contributed by atoms with van der Waals surface area (Å²) in [7, 11) is 1.18. The van der Waals surface area contributed by atoms with Crippen LogP contribution in [0.3, 0.4) is 0 Å². The molecular weight excluding hydrogens is 613 g/mol. The maximum Gasteiger partial charge on any atom is 0.411 e. The van der Waals surface area contributed by atoms with Gasteiger partial charge < -0.3 is 15.4 Å². The number of tetrazole rings is 1. The van der Waals surface area contributed by atoms with Crippen molar-refractivity contribution in [3.63, 3.8) is 0 Å². The van der Waals surface area contributed by atoms with E-state index in [2.05, 4.69) is 41.2 Å². The number of rotatable bonds is 5. The molecule has 0 saturated heterocycles. The molecule has 0 radical (unpaired) electrons. The van der Waals surface area contributed by atoms with Crippen LogP contribution < -0.4 is 16.0 Å². The second-order valence-electron chi connectivity index (χ2n) is 9.88. The average Bonchev–Trinajstić information content (AvgIpc) is 3.55. The van der Waals surface area contributed by atoms with Gasteiger partial charge in [-0.15, -0.1) is 5.10 Å². The highest BCUT2D eigenvalue weighted by molar-refractivity contribution is 6.30. The molecule has 232 valence electrons. The quantitative estimate of drug-likeness (QED) is 0.176. The number of carbonyl (C=O) groups excluding carboxylic acids is 2. The van der Waals surface area contributed by atoms with Crippen LogP contribution in [0.1, 0.15) is 30.1 Å². The summed E-state index contributed by atoms with van der Waals surface area (Å²) in [6.07, 6.45) is 3.24. The number of anilines is 2. The standard InChI is InChI=1S/C30H26ClF3N8O3/c1-45-29(44)37-21-8-9-22-18-12-13-35-25(15-18)23(4-2-3-5-27(30(32,33)34)38-24(22)16-21)39-28(43)11-6-19-14-20(31)7-10-26(19)42-17-36-40-41-42/h2-3,6-17,23,27,38H,4-5H2,1H3,(H,37,44)(H,39,43)/b3-2+,11-6+. The summed E-state index contributed by atoms with van der Waals surface area (Å²) >= 11 is 6.18. The predicted molar refractivity (Wildman–Crippen MR) is 162 cm³/mol. The minimum Gasteiger partial charge on any atom is -0.453 e. The van der Waals surface area contributed by atoms with Gasteiger partial charge in [-0.2, -0.15) is 17.9 Å². The first-order chi connectivity index (χ1) is 21.6. The normalized spacial score (nSPS) is 17.3. The van der Waals surface area contributed by atoms with Gasteiger partial charge in [-0.1, -0.05) is 29.8 Å². The van der Waals surface area contributed by atoms with Gasteiger partial charge in [0.1, 0.15) is 12.4 Å². The van der Waals surface area contributed by atoms with Crippen LogP contribution in [-0.2, 0) is 9.53 Å². The van der Waals surface area contributed by atoms with E-state index < -0.39 is 30.3 Å². The molecule has 2 amide bonds. The van der Waals surface area contributed by atoms with Gasteiger partial charge in [0, 0.05) is 39.8 Å². The second-order valence-corrected chi connectivity index (χ2v) is 10.3. The number of aromatic nitrogens is 5. The van der Waals surface area contributed by atoms with E-state index in [0.717, 1.165) is 0 Å². The highest BCUT2D eigenvalue weighted by Crippen LogP contribution is 2.36. The number of hydrogen-bond acceptors (Lipinski definition) is 8. The molecule has 0 aliphatic carbocycles. The number of fused-ring (bicyclic) bond motifs is 4. The molecule has 15 heteroatoms. The smallest absolute Gasteiger partial charge is 0.411 e. The molecule has 1 aliphatic heterocycles. The lowest BCUT2D eigenvalue weighted by molar-refractivity contribution is -0.141. The third kappa shape index (κ3) is 7.84. The number of amides is 2. The van der Waals surface area contributed by atoms with Crippen molar-refractivity contribution in [2.75, 3.05) is 17.7 Å². The predicted octanol–water partition coefficient (Wildman–Crippen LogP) is 6.12. The average molecular weight is 639 g/mol. The van der Waals surface area contributed by atoms with E-state index >= 15 is 0 Å². The van der Waals surface area contributed by atoms with E-state index in [9.17, 15) is 22.8 Å².